The number of benzene rings is 2. The van der Waals surface area contributed by atoms with Gasteiger partial charge in [0.2, 0.25) is 0 Å². The van der Waals surface area contributed by atoms with Crippen molar-refractivity contribution in [3.05, 3.63) is 78.4 Å². The first kappa shape index (κ1) is 15.8. The van der Waals surface area contributed by atoms with Gasteiger partial charge in [0, 0.05) is 13.1 Å². The van der Waals surface area contributed by atoms with E-state index in [2.05, 4.69) is 6.58 Å². The zero-order valence-corrected chi connectivity index (χ0v) is 12.9. The molecule has 2 rings (SSSR count). The number of ether oxygens (including phenoxy) is 1. The van der Waals surface area contributed by atoms with Gasteiger partial charge in [-0.2, -0.15) is 0 Å². The second-order valence-corrected chi connectivity index (χ2v) is 5.15. The molecule has 0 aliphatic heterocycles. The second kappa shape index (κ2) is 8.03. The molecular weight excluding hydrogens is 274 g/mol. The van der Waals surface area contributed by atoms with Gasteiger partial charge in [0.05, 0.1) is 0 Å². The lowest BCUT2D eigenvalue weighted by molar-refractivity contribution is -0.133. The van der Waals surface area contributed by atoms with Gasteiger partial charge in [-0.25, -0.2) is 0 Å². The molecule has 0 spiro atoms. The predicted octanol–water partition coefficient (Wildman–Crippen LogP) is 3.59. The number of aryl methyl sites for hydroxylation is 1. The summed E-state index contributed by atoms with van der Waals surface area (Å²) in [6.07, 6.45) is 1.73. The molecular formula is C19H21NO2. The lowest BCUT2D eigenvalue weighted by atomic mass is 10.2. The topological polar surface area (TPSA) is 29.5 Å². The fourth-order valence-corrected chi connectivity index (χ4v) is 2.09. The van der Waals surface area contributed by atoms with Crippen LogP contribution < -0.4 is 4.74 Å². The largest absolute Gasteiger partial charge is 0.484 e. The summed E-state index contributed by atoms with van der Waals surface area (Å²) in [5.41, 5.74) is 2.25. The van der Waals surface area contributed by atoms with Crippen molar-refractivity contribution < 1.29 is 9.53 Å². The third-order valence-electron chi connectivity index (χ3n) is 3.30. The SMILES string of the molecule is C=CCN(Cc1ccccc1)C(=O)COc1ccc(C)cc1. The molecule has 0 saturated carbocycles. The van der Waals surface area contributed by atoms with Crippen molar-refractivity contribution in [1.82, 2.24) is 4.90 Å². The molecule has 0 N–H and O–H groups in total. The van der Waals surface area contributed by atoms with Crippen LogP contribution in [0.25, 0.3) is 0 Å². The molecule has 3 nitrogen and oxygen atoms in total. The van der Waals surface area contributed by atoms with Crippen molar-refractivity contribution in [1.29, 1.82) is 0 Å². The van der Waals surface area contributed by atoms with E-state index in [0.717, 1.165) is 11.1 Å². The van der Waals surface area contributed by atoms with Gasteiger partial charge in [0.1, 0.15) is 5.75 Å². The molecule has 1 amide bonds. The van der Waals surface area contributed by atoms with Gasteiger partial charge in [-0.1, -0.05) is 54.1 Å². The summed E-state index contributed by atoms with van der Waals surface area (Å²) >= 11 is 0. The molecule has 114 valence electrons. The fraction of sp³-hybridized carbons (Fsp3) is 0.211. The van der Waals surface area contributed by atoms with Crippen molar-refractivity contribution >= 4 is 5.91 Å². The summed E-state index contributed by atoms with van der Waals surface area (Å²) < 4.78 is 5.56. The molecule has 2 aromatic rings. The van der Waals surface area contributed by atoms with Gasteiger partial charge < -0.3 is 9.64 Å². The van der Waals surface area contributed by atoms with Gasteiger partial charge in [-0.15, -0.1) is 6.58 Å². The highest BCUT2D eigenvalue weighted by molar-refractivity contribution is 5.78. The fourth-order valence-electron chi connectivity index (χ4n) is 2.09. The third kappa shape index (κ3) is 4.77. The van der Waals surface area contributed by atoms with E-state index in [-0.39, 0.29) is 12.5 Å². The highest BCUT2D eigenvalue weighted by Gasteiger charge is 2.13. The van der Waals surface area contributed by atoms with Crippen molar-refractivity contribution in [2.45, 2.75) is 13.5 Å². The number of carbonyl (C=O) groups excluding carboxylic acids is 1. The quantitative estimate of drug-likeness (QED) is 0.731. The van der Waals surface area contributed by atoms with Crippen LogP contribution in [0.1, 0.15) is 11.1 Å². The second-order valence-electron chi connectivity index (χ2n) is 5.15. The Morgan fingerprint density at radius 3 is 2.45 bits per heavy atom. The standard InChI is InChI=1S/C19H21NO2/c1-3-13-20(14-17-7-5-4-6-8-17)19(21)15-22-18-11-9-16(2)10-12-18/h3-12H,1,13-15H2,2H3. The van der Waals surface area contributed by atoms with Crippen LogP contribution in [0, 0.1) is 6.92 Å². The zero-order valence-electron chi connectivity index (χ0n) is 12.9. The van der Waals surface area contributed by atoms with Crippen LogP contribution in [0.4, 0.5) is 0 Å². The highest BCUT2D eigenvalue weighted by Crippen LogP contribution is 2.12. The average Bonchev–Trinajstić information content (AvgIpc) is 2.54. The Morgan fingerprint density at radius 1 is 1.14 bits per heavy atom. The minimum atomic E-state index is -0.0515. The van der Waals surface area contributed by atoms with E-state index in [1.165, 1.54) is 0 Å². The van der Waals surface area contributed by atoms with E-state index >= 15 is 0 Å². The molecule has 0 aromatic heterocycles. The van der Waals surface area contributed by atoms with Crippen molar-refractivity contribution in [2.24, 2.45) is 0 Å². The van der Waals surface area contributed by atoms with Crippen molar-refractivity contribution in [3.8, 4) is 5.75 Å². The minimum absolute atomic E-state index is 0.0315. The summed E-state index contributed by atoms with van der Waals surface area (Å²) in [4.78, 5) is 14.1. The van der Waals surface area contributed by atoms with Gasteiger partial charge in [-0.3, -0.25) is 4.79 Å². The zero-order chi connectivity index (χ0) is 15.8. The molecule has 0 aliphatic rings. The number of rotatable bonds is 7. The van der Waals surface area contributed by atoms with Crippen LogP contribution >= 0.6 is 0 Å². The Labute approximate surface area is 131 Å². The Hall–Kier alpha value is -2.55. The van der Waals surface area contributed by atoms with Crippen molar-refractivity contribution in [2.75, 3.05) is 13.2 Å². The first-order valence-electron chi connectivity index (χ1n) is 7.31. The normalized spacial score (nSPS) is 10.0. The van der Waals surface area contributed by atoms with E-state index in [9.17, 15) is 4.79 Å². The van der Waals surface area contributed by atoms with Crippen LogP contribution in [0.3, 0.4) is 0 Å². The number of hydrogen-bond donors (Lipinski definition) is 0. The summed E-state index contributed by atoms with van der Waals surface area (Å²) in [5, 5.41) is 0. The van der Waals surface area contributed by atoms with Crippen LogP contribution in [0.5, 0.6) is 5.75 Å². The number of carbonyl (C=O) groups is 1. The molecule has 0 aliphatic carbocycles. The summed E-state index contributed by atoms with van der Waals surface area (Å²) in [5.74, 6) is 0.654. The van der Waals surface area contributed by atoms with Gasteiger partial charge >= 0.3 is 0 Å². The Balaban J connectivity index is 1.94. The van der Waals surface area contributed by atoms with E-state index in [0.29, 0.717) is 18.8 Å². The smallest absolute Gasteiger partial charge is 0.261 e. The molecule has 0 atom stereocenters. The minimum Gasteiger partial charge on any atom is -0.484 e. The van der Waals surface area contributed by atoms with E-state index in [1.54, 1.807) is 11.0 Å². The molecule has 22 heavy (non-hydrogen) atoms. The molecule has 0 radical (unpaired) electrons. The van der Waals surface area contributed by atoms with Gasteiger partial charge in [-0.05, 0) is 24.6 Å². The maximum Gasteiger partial charge on any atom is 0.261 e. The Kier molecular flexibility index (Phi) is 5.78. The van der Waals surface area contributed by atoms with Crippen LogP contribution in [0.2, 0.25) is 0 Å². The highest BCUT2D eigenvalue weighted by atomic mass is 16.5. The number of hydrogen-bond acceptors (Lipinski definition) is 2. The summed E-state index contributed by atoms with van der Waals surface area (Å²) in [7, 11) is 0. The van der Waals surface area contributed by atoms with Crippen molar-refractivity contribution in [3.63, 3.8) is 0 Å². The number of nitrogens with zero attached hydrogens (tertiary/aromatic N) is 1. The molecule has 3 heteroatoms. The molecule has 0 bridgehead atoms. The first-order valence-corrected chi connectivity index (χ1v) is 7.31. The summed E-state index contributed by atoms with van der Waals surface area (Å²) in [6, 6.07) is 17.6. The van der Waals surface area contributed by atoms with Crippen LogP contribution in [-0.2, 0) is 11.3 Å². The van der Waals surface area contributed by atoms with Crippen LogP contribution in [-0.4, -0.2) is 24.0 Å². The summed E-state index contributed by atoms with van der Waals surface area (Å²) in [6.45, 7) is 6.83. The maximum absolute atomic E-state index is 12.3. The van der Waals surface area contributed by atoms with E-state index < -0.39 is 0 Å². The molecule has 0 unspecified atom stereocenters. The first-order chi connectivity index (χ1) is 10.7. The average molecular weight is 295 g/mol. The Bertz CT molecular complexity index is 605. The predicted molar refractivity (Wildman–Crippen MR) is 88.7 cm³/mol. The number of amides is 1. The van der Waals surface area contributed by atoms with E-state index in [1.807, 2.05) is 61.5 Å². The molecule has 2 aromatic carbocycles. The lowest BCUT2D eigenvalue weighted by Crippen LogP contribution is -2.34. The Morgan fingerprint density at radius 2 is 1.82 bits per heavy atom. The third-order valence-corrected chi connectivity index (χ3v) is 3.30. The van der Waals surface area contributed by atoms with Crippen LogP contribution in [0.15, 0.2) is 67.3 Å². The maximum atomic E-state index is 12.3. The molecule has 0 fully saturated rings. The molecule has 0 heterocycles. The van der Waals surface area contributed by atoms with Gasteiger partial charge in [0.15, 0.2) is 6.61 Å². The lowest BCUT2D eigenvalue weighted by Gasteiger charge is -2.21. The van der Waals surface area contributed by atoms with E-state index in [4.69, 9.17) is 4.74 Å². The monoisotopic (exact) mass is 295 g/mol. The molecule has 0 saturated heterocycles. The van der Waals surface area contributed by atoms with Gasteiger partial charge in [0.25, 0.3) is 5.91 Å².